The van der Waals surface area contributed by atoms with Gasteiger partial charge in [0.15, 0.2) is 17.5 Å². The smallest absolute Gasteiger partial charge is 0.191 e. The van der Waals surface area contributed by atoms with Crippen molar-refractivity contribution in [1.29, 1.82) is 0 Å². The number of hydrogen-bond donors (Lipinski definition) is 2. The van der Waals surface area contributed by atoms with Crippen LogP contribution in [0.4, 0.5) is 0 Å². The maximum atomic E-state index is 5.48. The fourth-order valence-corrected chi connectivity index (χ4v) is 3.37. The van der Waals surface area contributed by atoms with Crippen molar-refractivity contribution in [2.24, 2.45) is 4.99 Å². The normalized spacial score (nSPS) is 11.1. The Labute approximate surface area is 171 Å². The zero-order valence-electron chi connectivity index (χ0n) is 17.0. The van der Waals surface area contributed by atoms with E-state index < -0.39 is 0 Å². The van der Waals surface area contributed by atoms with Crippen molar-refractivity contribution in [1.82, 2.24) is 10.6 Å². The minimum atomic E-state index is 0.463. The second kappa shape index (κ2) is 12.0. The van der Waals surface area contributed by atoms with Crippen molar-refractivity contribution in [2.75, 3.05) is 40.2 Å². The standard InChI is InChI=1S/C21H29N3O3S/c1-5-22-21(23-11-12-28-17-9-7-6-8-10-17)24-15-16-13-19(26-3)20(27-4)14-18(16)25-2/h6-10,13-14H,5,11-12,15H2,1-4H3,(H2,22,23,24). The summed E-state index contributed by atoms with van der Waals surface area (Å²) in [6.07, 6.45) is 0. The molecule has 7 heteroatoms. The third-order valence-corrected chi connectivity index (χ3v) is 4.96. The van der Waals surface area contributed by atoms with E-state index in [4.69, 9.17) is 14.2 Å². The highest BCUT2D eigenvalue weighted by Gasteiger charge is 2.11. The van der Waals surface area contributed by atoms with Gasteiger partial charge in [-0.2, -0.15) is 0 Å². The summed E-state index contributed by atoms with van der Waals surface area (Å²) in [4.78, 5) is 5.94. The fourth-order valence-electron chi connectivity index (χ4n) is 2.58. The number of guanidine groups is 1. The number of methoxy groups -OCH3 is 3. The van der Waals surface area contributed by atoms with Gasteiger partial charge in [-0.15, -0.1) is 11.8 Å². The van der Waals surface area contributed by atoms with Crippen molar-refractivity contribution >= 4 is 17.7 Å². The predicted molar refractivity (Wildman–Crippen MR) is 116 cm³/mol. The molecule has 0 unspecified atom stereocenters. The first-order valence-corrected chi connectivity index (χ1v) is 10.2. The maximum Gasteiger partial charge on any atom is 0.191 e. The lowest BCUT2D eigenvalue weighted by Gasteiger charge is -2.14. The minimum Gasteiger partial charge on any atom is -0.496 e. The largest absolute Gasteiger partial charge is 0.496 e. The minimum absolute atomic E-state index is 0.463. The van der Waals surface area contributed by atoms with Crippen molar-refractivity contribution in [2.45, 2.75) is 18.4 Å². The van der Waals surface area contributed by atoms with Crippen LogP contribution in [-0.2, 0) is 6.54 Å². The van der Waals surface area contributed by atoms with E-state index in [0.29, 0.717) is 18.0 Å². The summed E-state index contributed by atoms with van der Waals surface area (Å²) in [5, 5.41) is 6.64. The average molecular weight is 404 g/mol. The number of rotatable bonds is 10. The number of aliphatic imine (C=N–C) groups is 1. The van der Waals surface area contributed by atoms with Gasteiger partial charge in [0.2, 0.25) is 0 Å². The summed E-state index contributed by atoms with van der Waals surface area (Å²) in [7, 11) is 4.86. The molecule has 0 atom stereocenters. The van der Waals surface area contributed by atoms with Crippen molar-refractivity contribution in [3.05, 3.63) is 48.0 Å². The molecule has 0 aromatic heterocycles. The third-order valence-electron chi connectivity index (χ3n) is 3.94. The van der Waals surface area contributed by atoms with Gasteiger partial charge in [-0.3, -0.25) is 0 Å². The van der Waals surface area contributed by atoms with Crippen molar-refractivity contribution < 1.29 is 14.2 Å². The second-order valence-corrected chi connectivity index (χ2v) is 6.97. The quantitative estimate of drug-likeness (QED) is 0.274. The molecule has 0 bridgehead atoms. The molecule has 0 amide bonds. The molecule has 0 fully saturated rings. The predicted octanol–water partition coefficient (Wildman–Crippen LogP) is 3.56. The van der Waals surface area contributed by atoms with Crippen LogP contribution < -0.4 is 24.8 Å². The zero-order chi connectivity index (χ0) is 20.2. The summed E-state index contributed by atoms with van der Waals surface area (Å²) >= 11 is 1.81. The molecule has 28 heavy (non-hydrogen) atoms. The lowest BCUT2D eigenvalue weighted by molar-refractivity contribution is 0.347. The molecule has 2 aromatic rings. The molecule has 0 saturated heterocycles. The second-order valence-electron chi connectivity index (χ2n) is 5.80. The van der Waals surface area contributed by atoms with Crippen LogP contribution >= 0.6 is 11.8 Å². The van der Waals surface area contributed by atoms with E-state index in [1.165, 1.54) is 4.90 Å². The van der Waals surface area contributed by atoms with Gasteiger partial charge >= 0.3 is 0 Å². The van der Waals surface area contributed by atoms with Crippen LogP contribution in [0.1, 0.15) is 12.5 Å². The molecule has 0 aliphatic rings. The van der Waals surface area contributed by atoms with E-state index >= 15 is 0 Å². The zero-order valence-corrected chi connectivity index (χ0v) is 17.8. The van der Waals surface area contributed by atoms with Gasteiger partial charge in [-0.1, -0.05) is 18.2 Å². The van der Waals surface area contributed by atoms with Crippen LogP contribution in [0.5, 0.6) is 17.2 Å². The van der Waals surface area contributed by atoms with Gasteiger partial charge in [-0.05, 0) is 25.1 Å². The molecule has 2 N–H and O–H groups in total. The first-order chi connectivity index (χ1) is 13.7. The Kier molecular flexibility index (Phi) is 9.34. The van der Waals surface area contributed by atoms with E-state index in [-0.39, 0.29) is 0 Å². The molecule has 0 saturated carbocycles. The molecule has 152 valence electrons. The Hall–Kier alpha value is -2.54. The molecule has 0 spiro atoms. The lowest BCUT2D eigenvalue weighted by Crippen LogP contribution is -2.38. The van der Waals surface area contributed by atoms with Gasteiger partial charge in [0.05, 0.1) is 27.9 Å². The Morgan fingerprint density at radius 3 is 2.25 bits per heavy atom. The number of benzene rings is 2. The fraction of sp³-hybridized carbons (Fsp3) is 0.381. The monoisotopic (exact) mass is 403 g/mol. The first kappa shape index (κ1) is 21.8. The summed E-state index contributed by atoms with van der Waals surface area (Å²) in [6, 6.07) is 14.1. The summed E-state index contributed by atoms with van der Waals surface area (Å²) in [5.41, 5.74) is 0.927. The highest BCUT2D eigenvalue weighted by Crippen LogP contribution is 2.34. The van der Waals surface area contributed by atoms with Crippen LogP contribution in [-0.4, -0.2) is 46.1 Å². The molecular formula is C21H29N3O3S. The van der Waals surface area contributed by atoms with Gasteiger partial charge in [0.25, 0.3) is 0 Å². The molecule has 0 aliphatic heterocycles. The van der Waals surface area contributed by atoms with Gasteiger partial charge in [-0.25, -0.2) is 4.99 Å². The highest BCUT2D eigenvalue weighted by molar-refractivity contribution is 7.99. The summed E-state index contributed by atoms with van der Waals surface area (Å²) < 4.78 is 16.2. The number of hydrogen-bond acceptors (Lipinski definition) is 5. The Morgan fingerprint density at radius 1 is 0.929 bits per heavy atom. The number of nitrogens with one attached hydrogen (secondary N) is 2. The van der Waals surface area contributed by atoms with Crippen LogP contribution in [0.3, 0.4) is 0 Å². The van der Waals surface area contributed by atoms with Gasteiger partial charge < -0.3 is 24.8 Å². The molecule has 0 heterocycles. The highest BCUT2D eigenvalue weighted by atomic mass is 32.2. The average Bonchev–Trinajstić information content (AvgIpc) is 2.74. The third kappa shape index (κ3) is 6.56. The van der Waals surface area contributed by atoms with Crippen LogP contribution in [0.15, 0.2) is 52.4 Å². The van der Waals surface area contributed by atoms with Crippen LogP contribution in [0.25, 0.3) is 0 Å². The van der Waals surface area contributed by atoms with Crippen molar-refractivity contribution in [3.8, 4) is 17.2 Å². The molecule has 2 rings (SSSR count). The van der Waals surface area contributed by atoms with Gasteiger partial charge in [0, 0.05) is 35.4 Å². The number of thioether (sulfide) groups is 1. The molecule has 6 nitrogen and oxygen atoms in total. The first-order valence-electron chi connectivity index (χ1n) is 9.20. The van der Waals surface area contributed by atoms with E-state index in [1.54, 1.807) is 21.3 Å². The van der Waals surface area contributed by atoms with E-state index in [2.05, 4.69) is 39.9 Å². The van der Waals surface area contributed by atoms with Crippen molar-refractivity contribution in [3.63, 3.8) is 0 Å². The summed E-state index contributed by atoms with van der Waals surface area (Å²) in [6.45, 7) is 4.12. The Bertz CT molecular complexity index is 754. The lowest BCUT2D eigenvalue weighted by atomic mass is 10.1. The molecular weight excluding hydrogens is 374 g/mol. The van der Waals surface area contributed by atoms with Crippen LogP contribution in [0.2, 0.25) is 0 Å². The number of ether oxygens (including phenoxy) is 3. The topological polar surface area (TPSA) is 64.1 Å². The Balaban J connectivity index is 1.99. The molecule has 0 radical (unpaired) electrons. The molecule has 0 aliphatic carbocycles. The number of nitrogens with zero attached hydrogens (tertiary/aromatic N) is 1. The SMILES string of the molecule is CCNC(=NCc1cc(OC)c(OC)cc1OC)NCCSc1ccccc1. The van der Waals surface area contributed by atoms with Crippen LogP contribution in [0, 0.1) is 0 Å². The van der Waals surface area contributed by atoms with E-state index in [9.17, 15) is 0 Å². The van der Waals surface area contributed by atoms with E-state index in [1.807, 2.05) is 36.9 Å². The maximum absolute atomic E-state index is 5.48. The van der Waals surface area contributed by atoms with E-state index in [0.717, 1.165) is 36.1 Å². The van der Waals surface area contributed by atoms with Gasteiger partial charge in [0.1, 0.15) is 5.75 Å². The molecule has 2 aromatic carbocycles. The Morgan fingerprint density at radius 2 is 1.61 bits per heavy atom. The summed E-state index contributed by atoms with van der Waals surface area (Å²) in [5.74, 6) is 3.74.